The number of benzene rings is 1. The van der Waals surface area contributed by atoms with Gasteiger partial charge in [-0.1, -0.05) is 0 Å². The van der Waals surface area contributed by atoms with Crippen molar-refractivity contribution in [2.45, 2.75) is 19.8 Å². The summed E-state index contributed by atoms with van der Waals surface area (Å²) >= 11 is 0. The Labute approximate surface area is 161 Å². The van der Waals surface area contributed by atoms with Crippen LogP contribution >= 0.6 is 0 Å². The Kier molecular flexibility index (Phi) is 9.07. The lowest BCUT2D eigenvalue weighted by molar-refractivity contribution is 0.180. The number of H-pyrrole nitrogens is 1. The van der Waals surface area contributed by atoms with Crippen LogP contribution in [0.4, 0.5) is 4.39 Å². The molecule has 150 valence electrons. The maximum absolute atomic E-state index is 13.5. The van der Waals surface area contributed by atoms with E-state index >= 15 is 0 Å². The van der Waals surface area contributed by atoms with Gasteiger partial charge in [0.05, 0.1) is 6.54 Å². The molecule has 0 aliphatic heterocycles. The lowest BCUT2D eigenvalue weighted by Crippen LogP contribution is -2.39. The molecule has 3 N–H and O–H groups in total. The molecule has 1 heterocycles. The van der Waals surface area contributed by atoms with Gasteiger partial charge in [-0.15, -0.1) is 0 Å². The zero-order valence-electron chi connectivity index (χ0n) is 16.6. The second-order valence-corrected chi connectivity index (χ2v) is 6.59. The number of halogens is 1. The molecule has 6 nitrogen and oxygen atoms in total. The number of ether oxygens (including phenoxy) is 1. The normalized spacial score (nSPS) is 12.1. The molecule has 0 fully saturated rings. The van der Waals surface area contributed by atoms with Gasteiger partial charge in [-0.25, -0.2) is 4.39 Å². The molecule has 7 heteroatoms. The van der Waals surface area contributed by atoms with Gasteiger partial charge in [-0.2, -0.15) is 0 Å². The van der Waals surface area contributed by atoms with E-state index in [9.17, 15) is 4.39 Å². The van der Waals surface area contributed by atoms with Gasteiger partial charge in [0.1, 0.15) is 5.82 Å². The average molecular weight is 378 g/mol. The molecular formula is C20H32FN5O. The van der Waals surface area contributed by atoms with Crippen LogP contribution in [-0.2, 0) is 11.2 Å². The molecule has 0 unspecified atom stereocenters. The average Bonchev–Trinajstić information content (AvgIpc) is 3.04. The van der Waals surface area contributed by atoms with Gasteiger partial charge < -0.3 is 25.3 Å². The van der Waals surface area contributed by atoms with Crippen LogP contribution in [0, 0.1) is 5.82 Å². The first kappa shape index (κ1) is 21.2. The molecule has 0 aliphatic carbocycles. The van der Waals surface area contributed by atoms with E-state index in [2.05, 4.69) is 39.5 Å². The summed E-state index contributed by atoms with van der Waals surface area (Å²) in [6.45, 7) is 7.03. The minimum absolute atomic E-state index is 0.208. The molecule has 0 atom stereocenters. The Morgan fingerprint density at radius 2 is 2.15 bits per heavy atom. The summed E-state index contributed by atoms with van der Waals surface area (Å²) in [6, 6.07) is 4.83. The van der Waals surface area contributed by atoms with Crippen LogP contribution in [0.1, 0.15) is 18.9 Å². The standard InChI is InChI=1S/C20H32FN5O/c1-4-22-20(24-10-12-26(2)11-5-13-27-3)23-9-8-16-15-25-19-7-6-17(21)14-18(16)19/h6-7,14-15,25H,4-5,8-13H2,1-3H3,(H2,22,23,24). The molecule has 0 aliphatic rings. The number of rotatable bonds is 11. The zero-order valence-corrected chi connectivity index (χ0v) is 16.6. The minimum Gasteiger partial charge on any atom is -0.385 e. The number of guanidine groups is 1. The van der Waals surface area contributed by atoms with E-state index in [0.717, 1.165) is 74.6 Å². The number of hydrogen-bond donors (Lipinski definition) is 3. The molecule has 0 amide bonds. The quantitative estimate of drug-likeness (QED) is 0.320. The molecule has 1 aromatic heterocycles. The van der Waals surface area contributed by atoms with Gasteiger partial charge in [-0.05, 0) is 50.6 Å². The largest absolute Gasteiger partial charge is 0.385 e. The summed E-state index contributed by atoms with van der Waals surface area (Å²) in [6.07, 6.45) is 3.77. The van der Waals surface area contributed by atoms with Crippen LogP contribution in [-0.4, -0.2) is 69.3 Å². The lowest BCUT2D eigenvalue weighted by Gasteiger charge is -2.16. The van der Waals surface area contributed by atoms with Crippen LogP contribution in [0.5, 0.6) is 0 Å². The van der Waals surface area contributed by atoms with Crippen LogP contribution in [0.15, 0.2) is 29.4 Å². The Balaban J connectivity index is 1.80. The monoisotopic (exact) mass is 377 g/mol. The third kappa shape index (κ3) is 7.19. The molecule has 0 radical (unpaired) electrons. The maximum atomic E-state index is 13.5. The van der Waals surface area contributed by atoms with E-state index in [4.69, 9.17) is 4.74 Å². The highest BCUT2D eigenvalue weighted by Crippen LogP contribution is 2.19. The number of hydrogen-bond acceptors (Lipinski definition) is 3. The Hall–Kier alpha value is -2.12. The molecule has 27 heavy (non-hydrogen) atoms. The predicted octanol–water partition coefficient (Wildman–Crippen LogP) is 2.37. The third-order valence-corrected chi connectivity index (χ3v) is 4.40. The zero-order chi connectivity index (χ0) is 19.5. The number of likely N-dealkylation sites (N-methyl/N-ethyl adjacent to an activating group) is 1. The first-order valence-electron chi connectivity index (χ1n) is 9.59. The van der Waals surface area contributed by atoms with E-state index in [1.165, 1.54) is 6.07 Å². The van der Waals surface area contributed by atoms with Crippen molar-refractivity contribution < 1.29 is 9.13 Å². The number of aromatic nitrogens is 1. The fourth-order valence-corrected chi connectivity index (χ4v) is 2.94. The van der Waals surface area contributed by atoms with Gasteiger partial charge in [-0.3, -0.25) is 4.99 Å². The van der Waals surface area contributed by atoms with E-state index in [1.807, 2.05) is 6.20 Å². The molecule has 2 aromatic rings. The lowest BCUT2D eigenvalue weighted by atomic mass is 10.1. The summed E-state index contributed by atoms with van der Waals surface area (Å²) in [4.78, 5) is 10.1. The van der Waals surface area contributed by atoms with Gasteiger partial charge >= 0.3 is 0 Å². The maximum Gasteiger partial charge on any atom is 0.191 e. The van der Waals surface area contributed by atoms with Crippen LogP contribution in [0.25, 0.3) is 10.9 Å². The smallest absolute Gasteiger partial charge is 0.191 e. The van der Waals surface area contributed by atoms with E-state index < -0.39 is 0 Å². The highest BCUT2D eigenvalue weighted by Gasteiger charge is 2.05. The highest BCUT2D eigenvalue weighted by molar-refractivity contribution is 5.83. The van der Waals surface area contributed by atoms with Crippen molar-refractivity contribution in [1.82, 2.24) is 20.5 Å². The number of fused-ring (bicyclic) bond motifs is 1. The summed E-state index contributed by atoms with van der Waals surface area (Å²) in [5, 5.41) is 7.57. The summed E-state index contributed by atoms with van der Waals surface area (Å²) < 4.78 is 18.6. The second kappa shape index (κ2) is 11.6. The Morgan fingerprint density at radius 3 is 2.93 bits per heavy atom. The van der Waals surface area contributed by atoms with Gasteiger partial charge in [0.25, 0.3) is 0 Å². The molecule has 2 rings (SSSR count). The van der Waals surface area contributed by atoms with Crippen molar-refractivity contribution in [1.29, 1.82) is 0 Å². The molecule has 0 saturated heterocycles. The molecule has 0 bridgehead atoms. The van der Waals surface area contributed by atoms with Crippen molar-refractivity contribution in [3.63, 3.8) is 0 Å². The van der Waals surface area contributed by atoms with Crippen molar-refractivity contribution in [3.8, 4) is 0 Å². The fourth-order valence-electron chi connectivity index (χ4n) is 2.94. The van der Waals surface area contributed by atoms with Crippen molar-refractivity contribution in [3.05, 3.63) is 35.8 Å². The van der Waals surface area contributed by atoms with E-state index in [-0.39, 0.29) is 5.82 Å². The fraction of sp³-hybridized carbons (Fsp3) is 0.550. The van der Waals surface area contributed by atoms with Crippen LogP contribution in [0.2, 0.25) is 0 Å². The minimum atomic E-state index is -0.208. The van der Waals surface area contributed by atoms with Gasteiger partial charge in [0, 0.05) is 57.0 Å². The van der Waals surface area contributed by atoms with Crippen LogP contribution < -0.4 is 10.6 Å². The van der Waals surface area contributed by atoms with E-state index in [0.29, 0.717) is 0 Å². The molecule has 0 saturated carbocycles. The highest BCUT2D eigenvalue weighted by atomic mass is 19.1. The number of nitrogens with zero attached hydrogens (tertiary/aromatic N) is 2. The Morgan fingerprint density at radius 1 is 1.30 bits per heavy atom. The Bertz CT molecular complexity index is 715. The number of nitrogens with one attached hydrogen (secondary N) is 3. The molecule has 0 spiro atoms. The van der Waals surface area contributed by atoms with E-state index in [1.54, 1.807) is 19.2 Å². The summed E-state index contributed by atoms with van der Waals surface area (Å²) in [7, 11) is 3.83. The van der Waals surface area contributed by atoms with Gasteiger partial charge in [0.15, 0.2) is 5.96 Å². The second-order valence-electron chi connectivity index (χ2n) is 6.59. The first-order valence-corrected chi connectivity index (χ1v) is 9.59. The number of methoxy groups -OCH3 is 1. The number of aromatic amines is 1. The first-order chi connectivity index (χ1) is 13.1. The molecular weight excluding hydrogens is 345 g/mol. The van der Waals surface area contributed by atoms with Crippen molar-refractivity contribution in [2.75, 3.05) is 53.5 Å². The number of aliphatic imine (C=N–C) groups is 1. The van der Waals surface area contributed by atoms with Crippen LogP contribution in [0.3, 0.4) is 0 Å². The summed E-state index contributed by atoms with van der Waals surface area (Å²) in [5.41, 5.74) is 2.06. The third-order valence-electron chi connectivity index (χ3n) is 4.40. The predicted molar refractivity (Wildman–Crippen MR) is 110 cm³/mol. The summed E-state index contributed by atoms with van der Waals surface area (Å²) in [5.74, 6) is 0.606. The van der Waals surface area contributed by atoms with Crippen molar-refractivity contribution in [2.24, 2.45) is 4.99 Å². The SMILES string of the molecule is CCNC(=NCCN(C)CCCOC)NCCc1c[nH]c2ccc(F)cc12. The van der Waals surface area contributed by atoms with Gasteiger partial charge in [0.2, 0.25) is 0 Å². The van der Waals surface area contributed by atoms with Crippen molar-refractivity contribution >= 4 is 16.9 Å². The molecule has 1 aromatic carbocycles. The topological polar surface area (TPSA) is 64.7 Å².